The smallest absolute Gasteiger partial charge is 0.227 e. The Balaban J connectivity index is 1.69. The van der Waals surface area contributed by atoms with E-state index in [4.69, 9.17) is 10.5 Å². The normalized spacial score (nSPS) is 10.6. The van der Waals surface area contributed by atoms with Crippen molar-refractivity contribution in [3.8, 4) is 27.6 Å². The molecule has 0 fully saturated rings. The largest absolute Gasteiger partial charge is 0.497 e. The van der Waals surface area contributed by atoms with E-state index in [0.29, 0.717) is 22.5 Å². The van der Waals surface area contributed by atoms with Gasteiger partial charge in [0.1, 0.15) is 11.6 Å². The highest BCUT2D eigenvalue weighted by atomic mass is 32.1. The topological polar surface area (TPSA) is 86.0 Å². The third-order valence-electron chi connectivity index (χ3n) is 3.98. The Labute approximate surface area is 164 Å². The molecular formula is C20H16FN5OS. The maximum atomic E-state index is 13.3. The highest BCUT2D eigenvalue weighted by molar-refractivity contribution is 7.19. The van der Waals surface area contributed by atoms with Gasteiger partial charge in [-0.25, -0.2) is 19.3 Å². The number of thiazole rings is 1. The lowest BCUT2D eigenvalue weighted by Crippen LogP contribution is -1.98. The minimum absolute atomic E-state index is 0.305. The number of hydrogen-bond donors (Lipinski definition) is 2. The van der Waals surface area contributed by atoms with E-state index < -0.39 is 0 Å². The molecule has 0 unspecified atom stereocenters. The Bertz CT molecular complexity index is 1110. The highest BCUT2D eigenvalue weighted by Gasteiger charge is 2.16. The molecule has 6 nitrogen and oxygen atoms in total. The van der Waals surface area contributed by atoms with Crippen molar-refractivity contribution >= 4 is 28.1 Å². The number of halogens is 1. The van der Waals surface area contributed by atoms with Gasteiger partial charge in [0, 0.05) is 23.5 Å². The van der Waals surface area contributed by atoms with Crippen LogP contribution in [0, 0.1) is 5.82 Å². The predicted molar refractivity (Wildman–Crippen MR) is 109 cm³/mol. The number of ether oxygens (including phenoxy) is 1. The molecule has 0 aliphatic rings. The van der Waals surface area contributed by atoms with Gasteiger partial charge in [-0.15, -0.1) is 0 Å². The van der Waals surface area contributed by atoms with Crippen molar-refractivity contribution in [2.75, 3.05) is 18.2 Å². The maximum Gasteiger partial charge on any atom is 0.227 e. The zero-order valence-corrected chi connectivity index (χ0v) is 15.7. The number of benzene rings is 2. The van der Waals surface area contributed by atoms with E-state index in [1.807, 2.05) is 24.3 Å². The molecule has 0 radical (unpaired) electrons. The summed E-state index contributed by atoms with van der Waals surface area (Å²) in [6.45, 7) is 0. The zero-order valence-electron chi connectivity index (χ0n) is 14.9. The van der Waals surface area contributed by atoms with Crippen molar-refractivity contribution in [2.24, 2.45) is 0 Å². The molecule has 4 aromatic rings. The summed E-state index contributed by atoms with van der Waals surface area (Å²) in [5.41, 5.74) is 8.85. The van der Waals surface area contributed by atoms with Gasteiger partial charge in [-0.1, -0.05) is 17.4 Å². The van der Waals surface area contributed by atoms with Crippen LogP contribution in [-0.2, 0) is 0 Å². The molecular weight excluding hydrogens is 377 g/mol. The fourth-order valence-electron chi connectivity index (χ4n) is 2.69. The summed E-state index contributed by atoms with van der Waals surface area (Å²) in [7, 11) is 1.61. The molecule has 0 amide bonds. The van der Waals surface area contributed by atoms with Gasteiger partial charge in [-0.3, -0.25) is 0 Å². The van der Waals surface area contributed by atoms with E-state index in [0.717, 1.165) is 21.9 Å². The summed E-state index contributed by atoms with van der Waals surface area (Å²) in [6.07, 6.45) is 1.66. The lowest BCUT2D eigenvalue weighted by Gasteiger charge is -2.08. The second-order valence-electron chi connectivity index (χ2n) is 5.86. The van der Waals surface area contributed by atoms with Crippen LogP contribution < -0.4 is 15.8 Å². The standard InChI is InChI=1S/C20H16FN5OS/c1-27-15-4-2-3-14(11-15)24-20-23-10-9-16(25-20)18-17(26-19(22)28-18)12-5-7-13(21)8-6-12/h2-11H,1H3,(H2,22,26)(H,23,24,25). The van der Waals surface area contributed by atoms with Crippen LogP contribution in [0.5, 0.6) is 5.75 Å². The van der Waals surface area contributed by atoms with E-state index in [1.165, 1.54) is 23.5 Å². The van der Waals surface area contributed by atoms with Gasteiger partial charge in [0.15, 0.2) is 5.13 Å². The van der Waals surface area contributed by atoms with E-state index in [9.17, 15) is 4.39 Å². The van der Waals surface area contributed by atoms with Crippen LogP contribution in [0.3, 0.4) is 0 Å². The Morgan fingerprint density at radius 3 is 2.68 bits per heavy atom. The Kier molecular flexibility index (Phi) is 4.86. The molecule has 2 heterocycles. The number of nitrogens with zero attached hydrogens (tertiary/aromatic N) is 3. The number of methoxy groups -OCH3 is 1. The third kappa shape index (κ3) is 3.77. The van der Waals surface area contributed by atoms with Crippen LogP contribution in [0.15, 0.2) is 60.8 Å². The molecule has 0 aliphatic carbocycles. The Morgan fingerprint density at radius 2 is 1.89 bits per heavy atom. The summed E-state index contributed by atoms with van der Waals surface area (Å²) in [5, 5.41) is 3.58. The first-order valence-corrected chi connectivity index (χ1v) is 9.21. The van der Waals surface area contributed by atoms with Crippen molar-refractivity contribution in [2.45, 2.75) is 0 Å². The van der Waals surface area contributed by atoms with Gasteiger partial charge in [-0.2, -0.15) is 0 Å². The minimum atomic E-state index is -0.305. The van der Waals surface area contributed by atoms with Crippen molar-refractivity contribution < 1.29 is 9.13 Å². The minimum Gasteiger partial charge on any atom is -0.497 e. The zero-order chi connectivity index (χ0) is 19.5. The van der Waals surface area contributed by atoms with Crippen molar-refractivity contribution in [1.29, 1.82) is 0 Å². The predicted octanol–water partition coefficient (Wildman–Crippen LogP) is 4.74. The molecule has 8 heteroatoms. The number of rotatable bonds is 5. The summed E-state index contributed by atoms with van der Waals surface area (Å²) >= 11 is 1.32. The van der Waals surface area contributed by atoms with Crippen LogP contribution in [0.2, 0.25) is 0 Å². The first kappa shape index (κ1) is 17.9. The SMILES string of the molecule is COc1cccc(Nc2nccc(-c3sc(N)nc3-c3ccc(F)cc3)n2)c1. The van der Waals surface area contributed by atoms with Crippen molar-refractivity contribution in [3.05, 3.63) is 66.6 Å². The maximum absolute atomic E-state index is 13.3. The van der Waals surface area contributed by atoms with Gasteiger partial charge in [0.05, 0.1) is 23.4 Å². The molecule has 2 aromatic heterocycles. The fourth-order valence-corrected chi connectivity index (χ4v) is 3.51. The third-order valence-corrected chi connectivity index (χ3v) is 4.88. The molecule has 3 N–H and O–H groups in total. The molecule has 0 spiro atoms. The molecule has 2 aromatic carbocycles. The first-order valence-electron chi connectivity index (χ1n) is 8.39. The van der Waals surface area contributed by atoms with Crippen molar-refractivity contribution in [3.63, 3.8) is 0 Å². The highest BCUT2D eigenvalue weighted by Crippen LogP contribution is 2.37. The van der Waals surface area contributed by atoms with Gasteiger partial charge in [0.25, 0.3) is 0 Å². The number of nitrogens with two attached hydrogens (primary N) is 1. The van der Waals surface area contributed by atoms with Crippen LogP contribution in [0.1, 0.15) is 0 Å². The molecule has 140 valence electrons. The monoisotopic (exact) mass is 393 g/mol. The summed E-state index contributed by atoms with van der Waals surface area (Å²) < 4.78 is 18.5. The second kappa shape index (κ2) is 7.61. The fraction of sp³-hybridized carbons (Fsp3) is 0.0500. The number of anilines is 3. The second-order valence-corrected chi connectivity index (χ2v) is 6.89. The van der Waals surface area contributed by atoms with E-state index in [2.05, 4.69) is 20.3 Å². The van der Waals surface area contributed by atoms with E-state index in [1.54, 1.807) is 31.5 Å². The molecule has 0 bridgehead atoms. The van der Waals surface area contributed by atoms with Crippen LogP contribution in [0.25, 0.3) is 21.8 Å². The lowest BCUT2D eigenvalue weighted by atomic mass is 10.1. The molecule has 0 saturated carbocycles. The van der Waals surface area contributed by atoms with E-state index >= 15 is 0 Å². The first-order chi connectivity index (χ1) is 13.6. The van der Waals surface area contributed by atoms with Gasteiger partial charge >= 0.3 is 0 Å². The van der Waals surface area contributed by atoms with E-state index in [-0.39, 0.29) is 5.82 Å². The summed E-state index contributed by atoms with van der Waals surface area (Å²) in [5.74, 6) is 0.859. The summed E-state index contributed by atoms with van der Waals surface area (Å²) in [4.78, 5) is 14.1. The van der Waals surface area contributed by atoms with Crippen molar-refractivity contribution in [1.82, 2.24) is 15.0 Å². The quantitative estimate of drug-likeness (QED) is 0.509. The Morgan fingerprint density at radius 1 is 1.07 bits per heavy atom. The molecule has 4 rings (SSSR count). The average molecular weight is 393 g/mol. The van der Waals surface area contributed by atoms with Crippen LogP contribution in [0.4, 0.5) is 21.2 Å². The lowest BCUT2D eigenvalue weighted by molar-refractivity contribution is 0.415. The van der Waals surface area contributed by atoms with Crippen LogP contribution >= 0.6 is 11.3 Å². The van der Waals surface area contributed by atoms with Gasteiger partial charge < -0.3 is 15.8 Å². The van der Waals surface area contributed by atoms with Gasteiger partial charge in [0.2, 0.25) is 5.95 Å². The number of nitrogen functional groups attached to an aromatic ring is 1. The number of nitrogens with one attached hydrogen (secondary N) is 1. The average Bonchev–Trinajstić information content (AvgIpc) is 3.11. The Hall–Kier alpha value is -3.52. The summed E-state index contributed by atoms with van der Waals surface area (Å²) in [6, 6.07) is 15.4. The molecule has 28 heavy (non-hydrogen) atoms. The van der Waals surface area contributed by atoms with Crippen LogP contribution in [-0.4, -0.2) is 22.1 Å². The van der Waals surface area contributed by atoms with Gasteiger partial charge in [-0.05, 0) is 42.5 Å². The molecule has 0 saturated heterocycles. The molecule has 0 atom stereocenters. The molecule has 0 aliphatic heterocycles. The number of aromatic nitrogens is 3. The number of hydrogen-bond acceptors (Lipinski definition) is 7.